The number of hydrogen-bond acceptors (Lipinski definition) is 3. The first-order valence-electron chi connectivity index (χ1n) is 5.92. The molecular weight excluding hydrogens is 237 g/mol. The number of carbonyl (C=O) groups is 1. The van der Waals surface area contributed by atoms with Crippen molar-refractivity contribution in [2.24, 2.45) is 5.92 Å². The SMILES string of the molecule is O=C(O)C1CCC(c2nc3ccc(F)cc3o2)C1. The number of oxazole rings is 1. The maximum Gasteiger partial charge on any atom is 0.306 e. The highest BCUT2D eigenvalue weighted by molar-refractivity contribution is 5.73. The van der Waals surface area contributed by atoms with Crippen molar-refractivity contribution in [2.75, 3.05) is 0 Å². The molecule has 0 spiro atoms. The van der Waals surface area contributed by atoms with Crippen LogP contribution in [0.5, 0.6) is 0 Å². The molecule has 2 aromatic rings. The molecule has 1 saturated carbocycles. The average molecular weight is 249 g/mol. The van der Waals surface area contributed by atoms with Crippen LogP contribution in [0.4, 0.5) is 4.39 Å². The number of hydrogen-bond donors (Lipinski definition) is 1. The minimum absolute atomic E-state index is 0.0292. The Kier molecular flexibility index (Phi) is 2.54. The van der Waals surface area contributed by atoms with Crippen LogP contribution in [0.3, 0.4) is 0 Å². The van der Waals surface area contributed by atoms with Crippen molar-refractivity contribution in [1.82, 2.24) is 4.98 Å². The van der Waals surface area contributed by atoms with Gasteiger partial charge in [-0.15, -0.1) is 0 Å². The van der Waals surface area contributed by atoms with E-state index in [1.807, 2.05) is 0 Å². The van der Waals surface area contributed by atoms with Crippen LogP contribution < -0.4 is 0 Å². The van der Waals surface area contributed by atoms with E-state index in [-0.39, 0.29) is 17.7 Å². The van der Waals surface area contributed by atoms with Gasteiger partial charge in [0, 0.05) is 12.0 Å². The zero-order valence-electron chi connectivity index (χ0n) is 9.60. The van der Waals surface area contributed by atoms with Gasteiger partial charge < -0.3 is 9.52 Å². The first-order chi connectivity index (χ1) is 8.63. The Balaban J connectivity index is 1.89. The molecule has 1 fully saturated rings. The van der Waals surface area contributed by atoms with Gasteiger partial charge in [-0.05, 0) is 31.4 Å². The van der Waals surface area contributed by atoms with Crippen LogP contribution >= 0.6 is 0 Å². The minimum atomic E-state index is -0.764. The molecule has 94 valence electrons. The Labute approximate surface area is 102 Å². The molecular formula is C13H12FNO3. The van der Waals surface area contributed by atoms with Crippen LogP contribution in [0.2, 0.25) is 0 Å². The Morgan fingerprint density at radius 1 is 1.44 bits per heavy atom. The third-order valence-electron chi connectivity index (χ3n) is 3.50. The molecule has 1 aromatic heterocycles. The normalized spacial score (nSPS) is 23.6. The number of aromatic nitrogens is 1. The van der Waals surface area contributed by atoms with Gasteiger partial charge in [0.15, 0.2) is 11.5 Å². The van der Waals surface area contributed by atoms with Gasteiger partial charge in [-0.25, -0.2) is 9.37 Å². The third kappa shape index (κ3) is 1.85. The molecule has 4 nitrogen and oxygen atoms in total. The Morgan fingerprint density at radius 2 is 2.28 bits per heavy atom. The van der Waals surface area contributed by atoms with Gasteiger partial charge in [0.2, 0.25) is 0 Å². The van der Waals surface area contributed by atoms with E-state index in [1.54, 1.807) is 6.07 Å². The largest absolute Gasteiger partial charge is 0.481 e. The molecule has 2 unspecified atom stereocenters. The van der Waals surface area contributed by atoms with E-state index in [0.29, 0.717) is 29.8 Å². The molecule has 18 heavy (non-hydrogen) atoms. The summed E-state index contributed by atoms with van der Waals surface area (Å²) in [6.07, 6.45) is 1.95. The van der Waals surface area contributed by atoms with Crippen molar-refractivity contribution >= 4 is 17.1 Å². The van der Waals surface area contributed by atoms with Crippen LogP contribution in [0, 0.1) is 11.7 Å². The second kappa shape index (κ2) is 4.08. The van der Waals surface area contributed by atoms with Crippen LogP contribution in [-0.4, -0.2) is 16.1 Å². The number of carboxylic acid groups (broad SMARTS) is 1. The fourth-order valence-corrected chi connectivity index (χ4v) is 2.52. The first-order valence-corrected chi connectivity index (χ1v) is 5.92. The predicted molar refractivity (Wildman–Crippen MR) is 61.7 cm³/mol. The fourth-order valence-electron chi connectivity index (χ4n) is 2.52. The molecule has 0 aliphatic heterocycles. The van der Waals surface area contributed by atoms with Crippen molar-refractivity contribution in [2.45, 2.75) is 25.2 Å². The lowest BCUT2D eigenvalue weighted by molar-refractivity contribution is -0.141. The molecule has 1 aliphatic carbocycles. The maximum atomic E-state index is 13.0. The Hall–Kier alpha value is -1.91. The third-order valence-corrected chi connectivity index (χ3v) is 3.50. The summed E-state index contributed by atoms with van der Waals surface area (Å²) in [7, 11) is 0. The van der Waals surface area contributed by atoms with Crippen molar-refractivity contribution in [3.05, 3.63) is 29.9 Å². The number of carboxylic acids is 1. The number of nitrogens with zero attached hydrogens (tertiary/aromatic N) is 1. The van der Waals surface area contributed by atoms with Crippen LogP contribution in [-0.2, 0) is 4.79 Å². The van der Waals surface area contributed by atoms with Gasteiger partial charge in [-0.1, -0.05) is 0 Å². The number of aliphatic carboxylic acids is 1. The zero-order chi connectivity index (χ0) is 12.7. The van der Waals surface area contributed by atoms with Gasteiger partial charge in [0.1, 0.15) is 11.3 Å². The highest BCUT2D eigenvalue weighted by Crippen LogP contribution is 2.38. The summed E-state index contributed by atoms with van der Waals surface area (Å²) in [5.74, 6) is -0.887. The summed E-state index contributed by atoms with van der Waals surface area (Å²) in [5.41, 5.74) is 1.04. The lowest BCUT2D eigenvalue weighted by atomic mass is 10.1. The van der Waals surface area contributed by atoms with Crippen LogP contribution in [0.15, 0.2) is 22.6 Å². The van der Waals surface area contributed by atoms with E-state index >= 15 is 0 Å². The highest BCUT2D eigenvalue weighted by Gasteiger charge is 2.33. The summed E-state index contributed by atoms with van der Waals surface area (Å²) in [4.78, 5) is 15.2. The minimum Gasteiger partial charge on any atom is -0.481 e. The molecule has 2 atom stereocenters. The van der Waals surface area contributed by atoms with Gasteiger partial charge in [0.05, 0.1) is 5.92 Å². The second-order valence-electron chi connectivity index (χ2n) is 4.71. The summed E-state index contributed by atoms with van der Waals surface area (Å²) < 4.78 is 18.5. The summed E-state index contributed by atoms with van der Waals surface area (Å²) in [6.45, 7) is 0. The van der Waals surface area contributed by atoms with Crippen molar-refractivity contribution in [1.29, 1.82) is 0 Å². The van der Waals surface area contributed by atoms with Crippen LogP contribution in [0.1, 0.15) is 31.1 Å². The van der Waals surface area contributed by atoms with Crippen molar-refractivity contribution < 1.29 is 18.7 Å². The van der Waals surface area contributed by atoms with Gasteiger partial charge in [-0.3, -0.25) is 4.79 Å². The molecule has 0 amide bonds. The average Bonchev–Trinajstić information content (AvgIpc) is 2.93. The molecule has 0 radical (unpaired) electrons. The van der Waals surface area contributed by atoms with E-state index in [2.05, 4.69) is 4.98 Å². The quantitative estimate of drug-likeness (QED) is 0.888. The molecule has 0 bridgehead atoms. The van der Waals surface area contributed by atoms with Gasteiger partial charge in [-0.2, -0.15) is 0 Å². The maximum absolute atomic E-state index is 13.0. The van der Waals surface area contributed by atoms with Gasteiger partial charge >= 0.3 is 5.97 Å². The summed E-state index contributed by atoms with van der Waals surface area (Å²) in [6, 6.07) is 4.21. The number of fused-ring (bicyclic) bond motifs is 1. The lowest BCUT2D eigenvalue weighted by Crippen LogP contribution is -2.09. The smallest absolute Gasteiger partial charge is 0.306 e. The molecule has 1 heterocycles. The zero-order valence-corrected chi connectivity index (χ0v) is 9.60. The molecule has 1 aliphatic rings. The highest BCUT2D eigenvalue weighted by atomic mass is 19.1. The van der Waals surface area contributed by atoms with Crippen molar-refractivity contribution in [3.8, 4) is 0 Å². The van der Waals surface area contributed by atoms with Gasteiger partial charge in [0.25, 0.3) is 0 Å². The Morgan fingerprint density at radius 3 is 3.00 bits per heavy atom. The summed E-state index contributed by atoms with van der Waals surface area (Å²) >= 11 is 0. The standard InChI is InChI=1S/C13H12FNO3/c14-9-3-4-10-11(6-9)18-12(15-10)7-1-2-8(5-7)13(16)17/h3-4,6-8H,1-2,5H2,(H,16,17). The van der Waals surface area contributed by atoms with Crippen molar-refractivity contribution in [3.63, 3.8) is 0 Å². The monoisotopic (exact) mass is 249 g/mol. The molecule has 0 saturated heterocycles. The molecule has 5 heteroatoms. The van der Waals surface area contributed by atoms with E-state index in [9.17, 15) is 9.18 Å². The topological polar surface area (TPSA) is 63.3 Å². The lowest BCUT2D eigenvalue weighted by Gasteiger charge is -2.03. The van der Waals surface area contributed by atoms with E-state index in [1.165, 1.54) is 12.1 Å². The molecule has 3 rings (SSSR count). The number of benzene rings is 1. The Bertz CT molecular complexity index is 607. The fraction of sp³-hybridized carbons (Fsp3) is 0.385. The van der Waals surface area contributed by atoms with E-state index in [4.69, 9.17) is 9.52 Å². The van der Waals surface area contributed by atoms with Crippen LogP contribution in [0.25, 0.3) is 11.1 Å². The molecule has 1 aromatic carbocycles. The second-order valence-corrected chi connectivity index (χ2v) is 4.71. The van der Waals surface area contributed by atoms with E-state index in [0.717, 1.165) is 6.42 Å². The van der Waals surface area contributed by atoms with E-state index < -0.39 is 5.97 Å². The summed E-state index contributed by atoms with van der Waals surface area (Å²) in [5, 5.41) is 8.95. The number of halogens is 1. The number of rotatable bonds is 2. The molecule has 1 N–H and O–H groups in total. The first kappa shape index (κ1) is 11.2. The predicted octanol–water partition coefficient (Wildman–Crippen LogP) is 2.94.